The second-order valence-electron chi connectivity index (χ2n) is 5.91. The first-order valence-electron chi connectivity index (χ1n) is 7.17. The fourth-order valence-electron chi connectivity index (χ4n) is 3.98. The molecular weight excluding hydrogens is 257 g/mol. The van der Waals surface area contributed by atoms with E-state index < -0.39 is 0 Å². The van der Waals surface area contributed by atoms with Crippen LogP contribution in [0.25, 0.3) is 0 Å². The number of piperidine rings is 1. The van der Waals surface area contributed by atoms with Crippen LogP contribution >= 0.6 is 0 Å². The summed E-state index contributed by atoms with van der Waals surface area (Å²) in [5.41, 5.74) is 1.05. The van der Waals surface area contributed by atoms with E-state index in [1.807, 2.05) is 0 Å². The van der Waals surface area contributed by atoms with Crippen molar-refractivity contribution in [2.45, 2.75) is 37.3 Å². The van der Waals surface area contributed by atoms with E-state index >= 15 is 0 Å². The van der Waals surface area contributed by atoms with Gasteiger partial charge in [-0.1, -0.05) is 12.1 Å². The monoisotopic (exact) mass is 277 g/mol. The van der Waals surface area contributed by atoms with E-state index in [2.05, 4.69) is 11.9 Å². The number of nitrogens with zero attached hydrogens (tertiary/aromatic N) is 1. The van der Waals surface area contributed by atoms with Crippen LogP contribution in [0.4, 0.5) is 4.39 Å². The molecule has 0 spiro atoms. The number of esters is 1. The molecule has 0 aromatic heterocycles. The highest BCUT2D eigenvalue weighted by Gasteiger charge is 2.49. The molecule has 0 amide bonds. The van der Waals surface area contributed by atoms with Gasteiger partial charge in [-0.3, -0.25) is 9.69 Å². The Morgan fingerprint density at radius 2 is 2.00 bits per heavy atom. The summed E-state index contributed by atoms with van der Waals surface area (Å²) in [6.07, 6.45) is 3.11. The lowest BCUT2D eigenvalue weighted by atomic mass is 9.76. The van der Waals surface area contributed by atoms with Crippen molar-refractivity contribution in [1.29, 1.82) is 0 Å². The van der Waals surface area contributed by atoms with E-state index in [4.69, 9.17) is 4.74 Å². The highest BCUT2D eigenvalue weighted by atomic mass is 19.1. The van der Waals surface area contributed by atoms with Crippen molar-refractivity contribution in [3.05, 3.63) is 35.6 Å². The first kappa shape index (κ1) is 13.6. The van der Waals surface area contributed by atoms with Crippen molar-refractivity contribution in [2.24, 2.45) is 5.92 Å². The molecule has 0 unspecified atom stereocenters. The number of fused-ring (bicyclic) bond motifs is 2. The fraction of sp³-hybridized carbons (Fsp3) is 0.562. The van der Waals surface area contributed by atoms with Gasteiger partial charge >= 0.3 is 5.97 Å². The number of methoxy groups -OCH3 is 1. The molecule has 2 aliphatic rings. The zero-order valence-corrected chi connectivity index (χ0v) is 11.9. The molecule has 0 aliphatic carbocycles. The predicted molar refractivity (Wildman–Crippen MR) is 73.8 cm³/mol. The number of hydrogen-bond acceptors (Lipinski definition) is 3. The fourth-order valence-corrected chi connectivity index (χ4v) is 3.98. The van der Waals surface area contributed by atoms with Crippen LogP contribution in [0.1, 0.15) is 30.7 Å². The summed E-state index contributed by atoms with van der Waals surface area (Å²) in [6.45, 7) is 0. The maximum atomic E-state index is 13.1. The Bertz CT molecular complexity index is 502. The maximum Gasteiger partial charge on any atom is 0.310 e. The van der Waals surface area contributed by atoms with Crippen molar-refractivity contribution >= 4 is 5.97 Å². The SMILES string of the molecule is COC(=O)[C@@H]1[C@@H](c2ccc(F)cc2)C[C@@H]2CC[C@H]1N2C. The van der Waals surface area contributed by atoms with Crippen LogP contribution in [0.15, 0.2) is 24.3 Å². The lowest BCUT2D eigenvalue weighted by Crippen LogP contribution is -2.49. The van der Waals surface area contributed by atoms with Gasteiger partial charge in [-0.2, -0.15) is 0 Å². The van der Waals surface area contributed by atoms with Crippen molar-refractivity contribution in [1.82, 2.24) is 4.90 Å². The van der Waals surface area contributed by atoms with Gasteiger partial charge in [0, 0.05) is 18.0 Å². The lowest BCUT2D eigenvalue weighted by molar-refractivity contribution is -0.150. The van der Waals surface area contributed by atoms with Crippen LogP contribution in [0, 0.1) is 11.7 Å². The van der Waals surface area contributed by atoms with Gasteiger partial charge in [-0.25, -0.2) is 4.39 Å². The minimum atomic E-state index is -0.237. The molecule has 2 saturated heterocycles. The van der Waals surface area contributed by atoms with E-state index in [-0.39, 0.29) is 29.7 Å². The number of ether oxygens (including phenoxy) is 1. The summed E-state index contributed by atoms with van der Waals surface area (Å²) < 4.78 is 18.1. The molecule has 0 N–H and O–H groups in total. The van der Waals surface area contributed by atoms with Crippen LogP contribution in [-0.2, 0) is 9.53 Å². The number of halogens is 1. The zero-order valence-electron chi connectivity index (χ0n) is 11.9. The Kier molecular flexibility index (Phi) is 3.50. The van der Waals surface area contributed by atoms with Gasteiger partial charge in [0.2, 0.25) is 0 Å². The second-order valence-corrected chi connectivity index (χ2v) is 5.91. The minimum Gasteiger partial charge on any atom is -0.469 e. The standard InChI is InChI=1S/C16H20FNO2/c1-18-12-7-8-14(18)15(16(19)20-2)13(9-12)10-3-5-11(17)6-4-10/h3-6,12-15H,7-9H2,1-2H3/t12-,13+,14+,15+/m0/s1. The average Bonchev–Trinajstić information content (AvgIpc) is 2.70. The maximum absolute atomic E-state index is 13.1. The third-order valence-electron chi connectivity index (χ3n) is 5.04. The lowest BCUT2D eigenvalue weighted by Gasteiger charge is -2.41. The molecule has 108 valence electrons. The first-order chi connectivity index (χ1) is 9.61. The molecule has 4 heteroatoms. The molecule has 2 aliphatic heterocycles. The summed E-state index contributed by atoms with van der Waals surface area (Å²) in [6, 6.07) is 7.34. The number of benzene rings is 1. The Hall–Kier alpha value is -1.42. The van der Waals surface area contributed by atoms with E-state index in [0.717, 1.165) is 24.8 Å². The Morgan fingerprint density at radius 1 is 1.30 bits per heavy atom. The van der Waals surface area contributed by atoms with Gasteiger partial charge in [0.15, 0.2) is 0 Å². The average molecular weight is 277 g/mol. The smallest absolute Gasteiger partial charge is 0.310 e. The van der Waals surface area contributed by atoms with Gasteiger partial charge < -0.3 is 4.74 Å². The van der Waals surface area contributed by atoms with E-state index in [1.54, 1.807) is 12.1 Å². The van der Waals surface area contributed by atoms with E-state index in [0.29, 0.717) is 6.04 Å². The Labute approximate surface area is 118 Å². The first-order valence-corrected chi connectivity index (χ1v) is 7.17. The van der Waals surface area contributed by atoms with Gasteiger partial charge in [-0.05, 0) is 44.0 Å². The van der Waals surface area contributed by atoms with E-state index in [9.17, 15) is 9.18 Å². The van der Waals surface area contributed by atoms with Crippen LogP contribution in [0.5, 0.6) is 0 Å². The third kappa shape index (κ3) is 2.12. The van der Waals surface area contributed by atoms with Crippen molar-refractivity contribution in [2.75, 3.05) is 14.2 Å². The van der Waals surface area contributed by atoms with Crippen LogP contribution < -0.4 is 0 Å². The molecule has 2 heterocycles. The normalized spacial score (nSPS) is 33.1. The van der Waals surface area contributed by atoms with Gasteiger partial charge in [0.05, 0.1) is 13.0 Å². The molecule has 3 rings (SSSR count). The molecule has 3 nitrogen and oxygen atoms in total. The number of hydrogen-bond donors (Lipinski definition) is 0. The van der Waals surface area contributed by atoms with Gasteiger partial charge in [0.1, 0.15) is 5.82 Å². The molecule has 1 aromatic carbocycles. The number of carbonyl (C=O) groups is 1. The highest BCUT2D eigenvalue weighted by Crippen LogP contribution is 2.46. The zero-order chi connectivity index (χ0) is 14.3. The van der Waals surface area contributed by atoms with Gasteiger partial charge in [0.25, 0.3) is 0 Å². The molecule has 1 aromatic rings. The van der Waals surface area contributed by atoms with Crippen LogP contribution in [0.2, 0.25) is 0 Å². The summed E-state index contributed by atoms with van der Waals surface area (Å²) in [5, 5.41) is 0. The molecule has 2 fully saturated rings. The molecule has 0 radical (unpaired) electrons. The summed E-state index contributed by atoms with van der Waals surface area (Å²) >= 11 is 0. The predicted octanol–water partition coefficient (Wildman–Crippen LogP) is 2.57. The Morgan fingerprint density at radius 3 is 2.65 bits per heavy atom. The molecule has 0 saturated carbocycles. The van der Waals surface area contributed by atoms with Gasteiger partial charge in [-0.15, -0.1) is 0 Å². The topological polar surface area (TPSA) is 29.5 Å². The third-order valence-corrected chi connectivity index (χ3v) is 5.04. The molecular formula is C16H20FNO2. The van der Waals surface area contributed by atoms with Crippen LogP contribution in [0.3, 0.4) is 0 Å². The highest BCUT2D eigenvalue weighted by molar-refractivity contribution is 5.75. The number of rotatable bonds is 2. The minimum absolute atomic E-state index is 0.136. The van der Waals surface area contributed by atoms with Crippen molar-refractivity contribution in [3.8, 4) is 0 Å². The quantitative estimate of drug-likeness (QED) is 0.778. The Balaban J connectivity index is 1.95. The number of carbonyl (C=O) groups excluding carboxylic acids is 1. The molecule has 2 bridgehead atoms. The summed E-state index contributed by atoms with van der Waals surface area (Å²) in [4.78, 5) is 14.5. The molecule has 20 heavy (non-hydrogen) atoms. The van der Waals surface area contributed by atoms with Crippen LogP contribution in [-0.4, -0.2) is 37.1 Å². The van der Waals surface area contributed by atoms with Crippen molar-refractivity contribution < 1.29 is 13.9 Å². The van der Waals surface area contributed by atoms with E-state index in [1.165, 1.54) is 19.2 Å². The second kappa shape index (κ2) is 5.17. The van der Waals surface area contributed by atoms with Crippen molar-refractivity contribution in [3.63, 3.8) is 0 Å². The molecule has 4 atom stereocenters. The summed E-state index contributed by atoms with van der Waals surface area (Å²) in [7, 11) is 3.55. The largest absolute Gasteiger partial charge is 0.469 e. The summed E-state index contributed by atoms with van der Waals surface area (Å²) in [5.74, 6) is -0.387.